The monoisotopic (exact) mass is 391 g/mol. The van der Waals surface area contributed by atoms with E-state index in [1.165, 1.54) is 12.1 Å². The smallest absolute Gasteiger partial charge is 0.270 e. The minimum atomic E-state index is -0.815. The maximum absolute atomic E-state index is 14.0. The van der Waals surface area contributed by atoms with E-state index in [4.69, 9.17) is 21.1 Å². The number of amides is 1. The molecule has 1 aliphatic heterocycles. The normalized spacial score (nSPS) is 15.5. The Morgan fingerprint density at radius 1 is 1.23 bits per heavy atom. The summed E-state index contributed by atoms with van der Waals surface area (Å²) in [5.74, 6) is 0.166. The van der Waals surface area contributed by atoms with E-state index in [1.807, 2.05) is 6.07 Å². The minimum Gasteiger partial charge on any atom is -0.485 e. The highest BCUT2D eigenvalue weighted by atomic mass is 35.5. The van der Waals surface area contributed by atoms with E-state index in [0.29, 0.717) is 21.5 Å². The van der Waals surface area contributed by atoms with Gasteiger partial charge in [0, 0.05) is 10.6 Å². The van der Waals surface area contributed by atoms with Crippen molar-refractivity contribution >= 4 is 34.0 Å². The third-order valence-corrected chi connectivity index (χ3v) is 4.72. The Morgan fingerprint density at radius 3 is 2.85 bits per heavy atom. The molecule has 0 aliphatic carbocycles. The van der Waals surface area contributed by atoms with E-state index in [-0.39, 0.29) is 17.3 Å². The van der Waals surface area contributed by atoms with Crippen molar-refractivity contribution in [1.29, 1.82) is 0 Å². The van der Waals surface area contributed by atoms with Gasteiger partial charge in [0.1, 0.15) is 12.4 Å². The van der Waals surface area contributed by atoms with Gasteiger partial charge in [0.25, 0.3) is 5.91 Å². The van der Waals surface area contributed by atoms with Crippen molar-refractivity contribution in [3.05, 3.63) is 53.3 Å². The molecule has 0 fully saturated rings. The number of para-hydroxylation sites is 2. The van der Waals surface area contributed by atoms with Crippen molar-refractivity contribution in [1.82, 2.24) is 10.2 Å². The standard InChI is InChI=1S/C17H11ClFN3O3S/c18-9-5-6-10(11(19)7-9)16-21-22-17(26-16)20-15(23)14-8-24-12-3-1-2-4-13(12)25-14/h1-7,14H,8H2,(H,20,22,23). The number of benzene rings is 2. The molecule has 4 rings (SSSR count). The van der Waals surface area contributed by atoms with E-state index in [1.54, 1.807) is 24.3 Å². The number of ether oxygens (including phenoxy) is 2. The van der Waals surface area contributed by atoms with Gasteiger partial charge in [-0.05, 0) is 30.3 Å². The van der Waals surface area contributed by atoms with E-state index in [2.05, 4.69) is 15.5 Å². The fourth-order valence-corrected chi connectivity index (χ4v) is 3.31. The first-order valence-corrected chi connectivity index (χ1v) is 8.78. The lowest BCUT2D eigenvalue weighted by Crippen LogP contribution is -2.40. The molecule has 1 unspecified atom stereocenters. The first-order chi connectivity index (χ1) is 12.6. The zero-order valence-electron chi connectivity index (χ0n) is 13.1. The fraction of sp³-hybridized carbons (Fsp3) is 0.118. The summed E-state index contributed by atoms with van der Waals surface area (Å²) < 4.78 is 25.1. The van der Waals surface area contributed by atoms with Crippen molar-refractivity contribution in [2.24, 2.45) is 0 Å². The van der Waals surface area contributed by atoms with Gasteiger partial charge in [-0.15, -0.1) is 10.2 Å². The van der Waals surface area contributed by atoms with Crippen molar-refractivity contribution in [2.45, 2.75) is 6.10 Å². The SMILES string of the molecule is O=C(Nc1nnc(-c2ccc(Cl)cc2F)s1)C1COc2ccccc2O1. The number of aromatic nitrogens is 2. The van der Waals surface area contributed by atoms with Crippen molar-refractivity contribution in [2.75, 3.05) is 11.9 Å². The van der Waals surface area contributed by atoms with Gasteiger partial charge >= 0.3 is 0 Å². The highest BCUT2D eigenvalue weighted by molar-refractivity contribution is 7.18. The van der Waals surface area contributed by atoms with Crippen LogP contribution in [0.2, 0.25) is 5.02 Å². The van der Waals surface area contributed by atoms with E-state index in [0.717, 1.165) is 11.3 Å². The molecule has 1 aromatic heterocycles. The van der Waals surface area contributed by atoms with Crippen LogP contribution in [0.3, 0.4) is 0 Å². The minimum absolute atomic E-state index is 0.0837. The maximum Gasteiger partial charge on any atom is 0.270 e. The molecule has 0 spiro atoms. The van der Waals surface area contributed by atoms with Crippen molar-refractivity contribution in [3.8, 4) is 22.1 Å². The van der Waals surface area contributed by atoms with Crippen LogP contribution in [0.1, 0.15) is 0 Å². The number of nitrogens with one attached hydrogen (secondary N) is 1. The summed E-state index contributed by atoms with van der Waals surface area (Å²) in [6.45, 7) is 0.0837. The summed E-state index contributed by atoms with van der Waals surface area (Å²) in [6.07, 6.45) is -0.815. The number of halogens is 2. The number of hydrogen-bond acceptors (Lipinski definition) is 6. The van der Waals surface area contributed by atoms with Crippen LogP contribution >= 0.6 is 22.9 Å². The summed E-state index contributed by atoms with van der Waals surface area (Å²) in [7, 11) is 0. The lowest BCUT2D eigenvalue weighted by Gasteiger charge is -2.25. The molecule has 1 atom stereocenters. The molecule has 6 nitrogen and oxygen atoms in total. The zero-order valence-corrected chi connectivity index (χ0v) is 14.7. The Hall–Kier alpha value is -2.71. The van der Waals surface area contributed by atoms with Crippen LogP contribution in [-0.2, 0) is 4.79 Å². The van der Waals surface area contributed by atoms with Gasteiger partial charge in [0.2, 0.25) is 11.2 Å². The molecule has 1 N–H and O–H groups in total. The van der Waals surface area contributed by atoms with Crippen LogP contribution in [0.15, 0.2) is 42.5 Å². The molecule has 2 aromatic carbocycles. The third-order valence-electron chi connectivity index (χ3n) is 3.62. The predicted molar refractivity (Wildman–Crippen MR) is 95.3 cm³/mol. The average molecular weight is 392 g/mol. The summed E-state index contributed by atoms with van der Waals surface area (Å²) in [6, 6.07) is 11.4. The molecular formula is C17H11ClFN3O3S. The van der Waals surface area contributed by atoms with Gasteiger partial charge in [0.15, 0.2) is 16.5 Å². The maximum atomic E-state index is 14.0. The summed E-state index contributed by atoms with van der Waals surface area (Å²) in [5.41, 5.74) is 0.263. The molecule has 132 valence electrons. The zero-order chi connectivity index (χ0) is 18.1. The molecule has 0 saturated heterocycles. The number of fused-ring (bicyclic) bond motifs is 1. The van der Waals surface area contributed by atoms with Gasteiger partial charge in [-0.1, -0.05) is 35.1 Å². The van der Waals surface area contributed by atoms with Gasteiger partial charge in [0.05, 0.1) is 0 Å². The molecule has 0 radical (unpaired) electrons. The Balaban J connectivity index is 1.47. The van der Waals surface area contributed by atoms with Crippen LogP contribution in [0.4, 0.5) is 9.52 Å². The molecule has 0 bridgehead atoms. The van der Waals surface area contributed by atoms with E-state index in [9.17, 15) is 9.18 Å². The summed E-state index contributed by atoms with van der Waals surface area (Å²) in [4.78, 5) is 12.4. The van der Waals surface area contributed by atoms with Crippen molar-refractivity contribution < 1.29 is 18.7 Å². The fourth-order valence-electron chi connectivity index (χ4n) is 2.38. The molecule has 2 heterocycles. The number of carbonyl (C=O) groups excluding carboxylic acids is 1. The average Bonchev–Trinajstić information content (AvgIpc) is 3.09. The Bertz CT molecular complexity index is 981. The van der Waals surface area contributed by atoms with Crippen LogP contribution in [0.5, 0.6) is 11.5 Å². The lowest BCUT2D eigenvalue weighted by atomic mass is 10.2. The molecule has 1 aliphatic rings. The van der Waals surface area contributed by atoms with E-state index < -0.39 is 17.8 Å². The first-order valence-electron chi connectivity index (χ1n) is 7.58. The first kappa shape index (κ1) is 16.7. The van der Waals surface area contributed by atoms with Crippen molar-refractivity contribution in [3.63, 3.8) is 0 Å². The van der Waals surface area contributed by atoms with E-state index >= 15 is 0 Å². The predicted octanol–water partition coefficient (Wildman–Crippen LogP) is 3.78. The van der Waals surface area contributed by atoms with Crippen LogP contribution in [0.25, 0.3) is 10.6 Å². The topological polar surface area (TPSA) is 73.3 Å². The van der Waals surface area contributed by atoms with Gasteiger partial charge < -0.3 is 9.47 Å². The molecular weight excluding hydrogens is 381 g/mol. The van der Waals surface area contributed by atoms with Crippen LogP contribution < -0.4 is 14.8 Å². The Kier molecular flexibility index (Phi) is 4.44. The number of carbonyl (C=O) groups is 1. The summed E-state index contributed by atoms with van der Waals surface area (Å²) >= 11 is 6.80. The molecule has 1 amide bonds. The molecule has 26 heavy (non-hydrogen) atoms. The Labute approximate surface area is 156 Å². The highest BCUT2D eigenvalue weighted by Crippen LogP contribution is 2.32. The number of hydrogen-bond donors (Lipinski definition) is 1. The molecule has 3 aromatic rings. The van der Waals surface area contributed by atoms with Gasteiger partial charge in [-0.2, -0.15) is 0 Å². The number of nitrogens with zero attached hydrogens (tertiary/aromatic N) is 2. The molecule has 9 heteroatoms. The molecule has 0 saturated carbocycles. The Morgan fingerprint density at radius 2 is 2.04 bits per heavy atom. The van der Waals surface area contributed by atoms with Crippen LogP contribution in [0, 0.1) is 5.82 Å². The van der Waals surface area contributed by atoms with Gasteiger partial charge in [-0.25, -0.2) is 4.39 Å². The summed E-state index contributed by atoms with van der Waals surface area (Å²) in [5, 5.41) is 11.3. The second-order valence-electron chi connectivity index (χ2n) is 5.39. The third kappa shape index (κ3) is 3.33. The number of anilines is 1. The quantitative estimate of drug-likeness (QED) is 0.735. The largest absolute Gasteiger partial charge is 0.485 e. The number of rotatable bonds is 3. The highest BCUT2D eigenvalue weighted by Gasteiger charge is 2.28. The van der Waals surface area contributed by atoms with Crippen LogP contribution in [-0.4, -0.2) is 28.8 Å². The van der Waals surface area contributed by atoms with Gasteiger partial charge in [-0.3, -0.25) is 10.1 Å². The lowest BCUT2D eigenvalue weighted by molar-refractivity contribution is -0.125. The second kappa shape index (κ2) is 6.89. The second-order valence-corrected chi connectivity index (χ2v) is 6.80.